The number of nitrogens with zero attached hydrogens (tertiary/aromatic N) is 4. The highest BCUT2D eigenvalue weighted by atomic mass is 79.9. The first kappa shape index (κ1) is 10.8. The van der Waals surface area contributed by atoms with Crippen LogP contribution in [0.5, 0.6) is 0 Å². The number of carboxylic acids is 1. The average Bonchev–Trinajstić information content (AvgIpc) is 2.49. The average molecular weight is 287 g/mol. The van der Waals surface area contributed by atoms with Crippen molar-refractivity contribution in [2.24, 2.45) is 7.05 Å². The molecule has 2 aromatic heterocycles. The monoisotopic (exact) mass is 286 g/mol. The summed E-state index contributed by atoms with van der Waals surface area (Å²) < 4.78 is 2.78. The van der Waals surface area contributed by atoms with Gasteiger partial charge in [0.1, 0.15) is 16.5 Å². The van der Waals surface area contributed by atoms with Gasteiger partial charge in [0.05, 0.1) is 6.33 Å². The molecule has 7 nitrogen and oxygen atoms in total. The Balaban J connectivity index is 2.77. The molecule has 0 aromatic carbocycles. The molecule has 0 aliphatic heterocycles. The van der Waals surface area contributed by atoms with Crippen LogP contribution >= 0.6 is 15.9 Å². The molecule has 0 saturated heterocycles. The molecule has 0 aliphatic rings. The van der Waals surface area contributed by atoms with E-state index in [1.807, 2.05) is 0 Å². The molecule has 0 aliphatic carbocycles. The van der Waals surface area contributed by atoms with E-state index in [9.17, 15) is 9.59 Å². The van der Waals surface area contributed by atoms with Gasteiger partial charge in [-0.25, -0.2) is 9.67 Å². The Bertz CT molecular complexity index is 630. The number of rotatable bonds is 2. The summed E-state index contributed by atoms with van der Waals surface area (Å²) in [6, 6.07) is 0. The Morgan fingerprint density at radius 1 is 1.62 bits per heavy atom. The van der Waals surface area contributed by atoms with Gasteiger partial charge in [0, 0.05) is 7.05 Å². The van der Waals surface area contributed by atoms with Crippen LogP contribution in [-0.4, -0.2) is 30.4 Å². The van der Waals surface area contributed by atoms with E-state index in [0.29, 0.717) is 4.60 Å². The highest BCUT2D eigenvalue weighted by molar-refractivity contribution is 9.10. The second kappa shape index (κ2) is 3.71. The van der Waals surface area contributed by atoms with Crippen LogP contribution < -0.4 is 5.56 Å². The molecule has 0 spiro atoms. The highest BCUT2D eigenvalue weighted by Gasteiger charge is 2.15. The molecule has 2 rings (SSSR count). The van der Waals surface area contributed by atoms with Crippen LogP contribution in [0.4, 0.5) is 0 Å². The van der Waals surface area contributed by atoms with Crippen LogP contribution in [0.25, 0.3) is 11.0 Å². The molecule has 0 bridgehead atoms. The minimum atomic E-state index is -1.04. The maximum Gasteiger partial charge on any atom is 0.325 e. The third kappa shape index (κ3) is 1.60. The van der Waals surface area contributed by atoms with Crippen molar-refractivity contribution in [3.8, 4) is 0 Å². The normalized spacial score (nSPS) is 10.9. The van der Waals surface area contributed by atoms with Gasteiger partial charge in [-0.05, 0) is 15.9 Å². The number of carbonyl (C=O) groups is 1. The molecular weight excluding hydrogens is 280 g/mol. The van der Waals surface area contributed by atoms with Crippen molar-refractivity contribution >= 4 is 32.9 Å². The summed E-state index contributed by atoms with van der Waals surface area (Å²) in [5.74, 6) is -1.04. The Morgan fingerprint density at radius 2 is 2.31 bits per heavy atom. The molecule has 0 radical (unpaired) electrons. The van der Waals surface area contributed by atoms with E-state index in [0.717, 1.165) is 0 Å². The van der Waals surface area contributed by atoms with Crippen LogP contribution in [0.15, 0.2) is 15.7 Å². The number of hydrogen-bond donors (Lipinski definition) is 1. The van der Waals surface area contributed by atoms with E-state index < -0.39 is 5.97 Å². The first-order chi connectivity index (χ1) is 7.50. The minimum absolute atomic E-state index is 0.261. The van der Waals surface area contributed by atoms with E-state index in [1.165, 1.54) is 15.6 Å². The predicted molar refractivity (Wildman–Crippen MR) is 58.1 cm³/mol. The minimum Gasteiger partial charge on any atom is -0.480 e. The van der Waals surface area contributed by atoms with E-state index in [4.69, 9.17) is 5.11 Å². The van der Waals surface area contributed by atoms with Gasteiger partial charge in [0.25, 0.3) is 5.56 Å². The summed E-state index contributed by atoms with van der Waals surface area (Å²) in [6.45, 7) is -0.331. The van der Waals surface area contributed by atoms with Crippen molar-refractivity contribution in [3.05, 3.63) is 21.3 Å². The van der Waals surface area contributed by atoms with Crippen molar-refractivity contribution in [2.45, 2.75) is 6.54 Å². The van der Waals surface area contributed by atoms with Crippen LogP contribution in [0.2, 0.25) is 0 Å². The summed E-state index contributed by atoms with van der Waals surface area (Å²) >= 11 is 3.11. The van der Waals surface area contributed by atoms with E-state index in [2.05, 4.69) is 26.0 Å². The van der Waals surface area contributed by atoms with Gasteiger partial charge in [-0.2, -0.15) is 5.10 Å². The van der Waals surface area contributed by atoms with Crippen LogP contribution in [0.3, 0.4) is 0 Å². The molecule has 2 aromatic rings. The largest absolute Gasteiger partial charge is 0.480 e. The summed E-state index contributed by atoms with van der Waals surface area (Å²) in [5, 5.41) is 12.9. The molecule has 84 valence electrons. The second-order valence-corrected chi connectivity index (χ2v) is 3.95. The Morgan fingerprint density at radius 3 is 2.94 bits per heavy atom. The molecule has 0 atom stereocenters. The van der Waals surface area contributed by atoms with E-state index in [-0.39, 0.29) is 23.1 Å². The lowest BCUT2D eigenvalue weighted by atomic mass is 10.4. The Labute approximate surface area is 97.4 Å². The van der Waals surface area contributed by atoms with Crippen molar-refractivity contribution in [3.63, 3.8) is 0 Å². The summed E-state index contributed by atoms with van der Waals surface area (Å²) in [6.07, 6.45) is 1.33. The van der Waals surface area contributed by atoms with Gasteiger partial charge in [-0.15, -0.1) is 0 Å². The zero-order valence-corrected chi connectivity index (χ0v) is 9.80. The topological polar surface area (TPSA) is 90.0 Å². The fourth-order valence-corrected chi connectivity index (χ4v) is 1.89. The van der Waals surface area contributed by atoms with Crippen molar-refractivity contribution in [2.75, 3.05) is 0 Å². The van der Waals surface area contributed by atoms with Crippen molar-refractivity contribution in [1.29, 1.82) is 0 Å². The molecule has 0 unspecified atom stereocenters. The number of aryl methyl sites for hydroxylation is 1. The quantitative estimate of drug-likeness (QED) is 0.838. The van der Waals surface area contributed by atoms with Crippen molar-refractivity contribution in [1.82, 2.24) is 19.3 Å². The maximum atomic E-state index is 11.7. The fraction of sp³-hybridized carbons (Fsp3) is 0.250. The number of aromatic nitrogens is 4. The van der Waals surface area contributed by atoms with Crippen LogP contribution in [-0.2, 0) is 18.4 Å². The summed E-state index contributed by atoms with van der Waals surface area (Å²) in [7, 11) is 1.57. The van der Waals surface area contributed by atoms with Gasteiger partial charge >= 0.3 is 5.97 Å². The molecule has 0 fully saturated rings. The lowest BCUT2D eigenvalue weighted by Gasteiger charge is -1.98. The lowest BCUT2D eigenvalue weighted by Crippen LogP contribution is -2.18. The second-order valence-electron chi connectivity index (χ2n) is 3.20. The molecule has 16 heavy (non-hydrogen) atoms. The molecule has 8 heteroatoms. The van der Waals surface area contributed by atoms with Gasteiger partial charge in [-0.1, -0.05) is 0 Å². The third-order valence-corrected chi connectivity index (χ3v) is 2.61. The third-order valence-electron chi connectivity index (χ3n) is 2.06. The number of fused-ring (bicyclic) bond motifs is 1. The smallest absolute Gasteiger partial charge is 0.325 e. The predicted octanol–water partition coefficient (Wildman–Crippen LogP) is -0.0229. The van der Waals surface area contributed by atoms with E-state index >= 15 is 0 Å². The van der Waals surface area contributed by atoms with Crippen molar-refractivity contribution < 1.29 is 9.90 Å². The number of halogens is 1. The van der Waals surface area contributed by atoms with Crippen LogP contribution in [0.1, 0.15) is 0 Å². The summed E-state index contributed by atoms with van der Waals surface area (Å²) in [5.41, 5.74) is -0.00844. The van der Waals surface area contributed by atoms with E-state index in [1.54, 1.807) is 7.05 Å². The van der Waals surface area contributed by atoms with Gasteiger partial charge in [0.2, 0.25) is 0 Å². The summed E-state index contributed by atoms with van der Waals surface area (Å²) in [4.78, 5) is 26.3. The SMILES string of the molecule is Cn1cnc2c(c(Br)nn2CC(=O)O)c1=O. The van der Waals surface area contributed by atoms with Gasteiger partial charge in [0.15, 0.2) is 5.65 Å². The van der Waals surface area contributed by atoms with Crippen LogP contribution in [0, 0.1) is 0 Å². The molecule has 1 N–H and O–H groups in total. The number of carboxylic acid groups (broad SMARTS) is 1. The number of hydrogen-bond acceptors (Lipinski definition) is 4. The Hall–Kier alpha value is -1.70. The maximum absolute atomic E-state index is 11.7. The zero-order chi connectivity index (χ0) is 11.9. The Kier molecular flexibility index (Phi) is 2.50. The number of aliphatic carboxylic acids is 1. The zero-order valence-electron chi connectivity index (χ0n) is 8.21. The first-order valence-electron chi connectivity index (χ1n) is 4.30. The lowest BCUT2D eigenvalue weighted by molar-refractivity contribution is -0.137. The molecule has 2 heterocycles. The molecular formula is C8H7BrN4O3. The molecule has 0 saturated carbocycles. The first-order valence-corrected chi connectivity index (χ1v) is 5.09. The van der Waals surface area contributed by atoms with Gasteiger partial charge in [-0.3, -0.25) is 9.59 Å². The standard InChI is InChI=1S/C8H7BrN4O3/c1-12-3-10-7-5(8(12)16)6(9)11-13(7)2-4(14)15/h3H,2H2,1H3,(H,14,15). The fourth-order valence-electron chi connectivity index (χ4n) is 1.35. The highest BCUT2D eigenvalue weighted by Crippen LogP contribution is 2.17. The molecule has 0 amide bonds. The van der Waals surface area contributed by atoms with Gasteiger partial charge < -0.3 is 9.67 Å².